The standard InChI is InChI=1S/C18H23N3O3/c1-23-11-12-24-15-7-9-21(10-8-15)18(22)16-13-19-20-17(16)14-5-3-2-4-6-14/h2-6,13,15H,7-12H2,1H3,(H,19,20). The SMILES string of the molecule is COCCOC1CCN(C(=O)c2cn[nH]c2-c2ccccc2)CC1. The van der Waals surface area contributed by atoms with Gasteiger partial charge >= 0.3 is 0 Å². The van der Waals surface area contributed by atoms with E-state index in [1.54, 1.807) is 13.3 Å². The van der Waals surface area contributed by atoms with Crippen LogP contribution in [-0.2, 0) is 9.47 Å². The lowest BCUT2D eigenvalue weighted by Crippen LogP contribution is -2.41. The molecule has 24 heavy (non-hydrogen) atoms. The number of aromatic nitrogens is 2. The van der Waals surface area contributed by atoms with Gasteiger partial charge in [0.2, 0.25) is 0 Å². The fourth-order valence-electron chi connectivity index (χ4n) is 2.97. The van der Waals surface area contributed by atoms with E-state index in [1.165, 1.54) is 0 Å². The summed E-state index contributed by atoms with van der Waals surface area (Å²) in [5.74, 6) is 0.0259. The van der Waals surface area contributed by atoms with Crippen LogP contribution in [0, 0.1) is 0 Å². The summed E-state index contributed by atoms with van der Waals surface area (Å²) in [6.07, 6.45) is 3.54. The number of hydrogen-bond donors (Lipinski definition) is 1. The summed E-state index contributed by atoms with van der Waals surface area (Å²) in [7, 11) is 1.67. The van der Waals surface area contributed by atoms with Gasteiger partial charge in [-0.15, -0.1) is 0 Å². The first-order chi connectivity index (χ1) is 11.8. The molecule has 0 unspecified atom stereocenters. The van der Waals surface area contributed by atoms with Crippen LogP contribution in [0.15, 0.2) is 36.5 Å². The molecule has 1 aromatic carbocycles. The molecule has 0 aliphatic carbocycles. The van der Waals surface area contributed by atoms with Gasteiger partial charge in [-0.05, 0) is 12.8 Å². The van der Waals surface area contributed by atoms with E-state index in [-0.39, 0.29) is 12.0 Å². The van der Waals surface area contributed by atoms with E-state index in [9.17, 15) is 4.79 Å². The van der Waals surface area contributed by atoms with Crippen molar-refractivity contribution >= 4 is 5.91 Å². The molecule has 2 aromatic rings. The number of benzene rings is 1. The van der Waals surface area contributed by atoms with E-state index in [2.05, 4.69) is 10.2 Å². The van der Waals surface area contributed by atoms with Gasteiger partial charge in [-0.1, -0.05) is 30.3 Å². The van der Waals surface area contributed by atoms with Crippen LogP contribution in [0.5, 0.6) is 0 Å². The van der Waals surface area contributed by atoms with Crippen molar-refractivity contribution < 1.29 is 14.3 Å². The van der Waals surface area contributed by atoms with Gasteiger partial charge in [-0.3, -0.25) is 9.89 Å². The van der Waals surface area contributed by atoms with Gasteiger partial charge in [0.15, 0.2) is 0 Å². The predicted octanol–water partition coefficient (Wildman–Crippen LogP) is 2.34. The smallest absolute Gasteiger partial charge is 0.257 e. The van der Waals surface area contributed by atoms with Gasteiger partial charge < -0.3 is 14.4 Å². The highest BCUT2D eigenvalue weighted by Crippen LogP contribution is 2.23. The molecule has 1 amide bonds. The fraction of sp³-hybridized carbons (Fsp3) is 0.444. The second-order valence-electron chi connectivity index (χ2n) is 5.88. The number of likely N-dealkylation sites (tertiary alicyclic amines) is 1. The Bertz CT molecular complexity index is 649. The summed E-state index contributed by atoms with van der Waals surface area (Å²) in [6, 6.07) is 9.80. The molecule has 0 spiro atoms. The lowest BCUT2D eigenvalue weighted by atomic mass is 10.0. The maximum atomic E-state index is 12.8. The number of hydrogen-bond acceptors (Lipinski definition) is 4. The molecule has 6 heteroatoms. The van der Waals surface area contributed by atoms with Crippen molar-refractivity contribution in [3.8, 4) is 11.3 Å². The zero-order valence-electron chi connectivity index (χ0n) is 13.9. The number of carbonyl (C=O) groups excluding carboxylic acids is 1. The van der Waals surface area contributed by atoms with Gasteiger partial charge in [0.1, 0.15) is 0 Å². The maximum Gasteiger partial charge on any atom is 0.257 e. The van der Waals surface area contributed by atoms with Crippen molar-refractivity contribution in [3.63, 3.8) is 0 Å². The molecule has 0 bridgehead atoms. The second kappa shape index (κ2) is 8.08. The number of methoxy groups -OCH3 is 1. The Morgan fingerprint density at radius 1 is 1.25 bits per heavy atom. The van der Waals surface area contributed by atoms with Gasteiger partial charge in [-0.25, -0.2) is 0 Å². The molecule has 0 saturated carbocycles. The lowest BCUT2D eigenvalue weighted by molar-refractivity contribution is -0.0122. The minimum absolute atomic E-state index is 0.0259. The molecule has 1 aliphatic rings. The number of rotatable bonds is 6. The van der Waals surface area contributed by atoms with Crippen LogP contribution < -0.4 is 0 Å². The Morgan fingerprint density at radius 3 is 2.71 bits per heavy atom. The van der Waals surface area contributed by atoms with Crippen molar-refractivity contribution in [2.24, 2.45) is 0 Å². The minimum atomic E-state index is 0.0259. The van der Waals surface area contributed by atoms with Crippen LogP contribution in [0.4, 0.5) is 0 Å². The van der Waals surface area contributed by atoms with Crippen molar-refractivity contribution in [3.05, 3.63) is 42.1 Å². The highest BCUT2D eigenvalue weighted by atomic mass is 16.5. The highest BCUT2D eigenvalue weighted by molar-refractivity contribution is 5.99. The summed E-state index contributed by atoms with van der Waals surface area (Å²) < 4.78 is 10.8. The van der Waals surface area contributed by atoms with Crippen LogP contribution in [0.3, 0.4) is 0 Å². The average Bonchev–Trinajstić information content (AvgIpc) is 3.12. The van der Waals surface area contributed by atoms with Crippen molar-refractivity contribution in [2.75, 3.05) is 33.4 Å². The van der Waals surface area contributed by atoms with Crippen molar-refractivity contribution in [1.82, 2.24) is 15.1 Å². The third-order valence-electron chi connectivity index (χ3n) is 4.30. The molecule has 128 valence electrons. The summed E-state index contributed by atoms with van der Waals surface area (Å²) in [4.78, 5) is 14.7. The summed E-state index contributed by atoms with van der Waals surface area (Å²) >= 11 is 0. The monoisotopic (exact) mass is 329 g/mol. The quantitative estimate of drug-likeness (QED) is 0.826. The number of H-pyrrole nitrogens is 1. The summed E-state index contributed by atoms with van der Waals surface area (Å²) in [5, 5.41) is 7.02. The Hall–Kier alpha value is -2.18. The number of aromatic amines is 1. The highest BCUT2D eigenvalue weighted by Gasteiger charge is 2.26. The molecular weight excluding hydrogens is 306 g/mol. The molecule has 1 N–H and O–H groups in total. The number of amides is 1. The summed E-state index contributed by atoms with van der Waals surface area (Å²) in [6.45, 7) is 2.62. The first kappa shape index (κ1) is 16.7. The average molecular weight is 329 g/mol. The molecule has 0 radical (unpaired) electrons. The van der Waals surface area contributed by atoms with Crippen LogP contribution in [-0.4, -0.2) is 60.5 Å². The van der Waals surface area contributed by atoms with E-state index in [0.717, 1.165) is 24.1 Å². The minimum Gasteiger partial charge on any atom is -0.382 e. The molecule has 3 rings (SSSR count). The van der Waals surface area contributed by atoms with Crippen LogP contribution in [0.2, 0.25) is 0 Å². The second-order valence-corrected chi connectivity index (χ2v) is 5.88. The Balaban J connectivity index is 1.62. The van der Waals surface area contributed by atoms with Gasteiger partial charge in [0.05, 0.1) is 36.8 Å². The van der Waals surface area contributed by atoms with Gasteiger partial charge in [-0.2, -0.15) is 5.10 Å². The fourth-order valence-corrected chi connectivity index (χ4v) is 2.97. The Kier molecular flexibility index (Phi) is 5.61. The Morgan fingerprint density at radius 2 is 2.00 bits per heavy atom. The lowest BCUT2D eigenvalue weighted by Gasteiger charge is -2.32. The normalized spacial score (nSPS) is 15.6. The number of carbonyl (C=O) groups is 1. The van der Waals surface area contributed by atoms with Crippen LogP contribution >= 0.6 is 0 Å². The third-order valence-corrected chi connectivity index (χ3v) is 4.30. The molecule has 0 atom stereocenters. The number of nitrogens with one attached hydrogen (secondary N) is 1. The van der Waals surface area contributed by atoms with Crippen molar-refractivity contribution in [2.45, 2.75) is 18.9 Å². The molecule has 2 heterocycles. The zero-order chi connectivity index (χ0) is 16.8. The molecular formula is C18H23N3O3. The number of ether oxygens (including phenoxy) is 2. The number of piperidine rings is 1. The molecule has 6 nitrogen and oxygen atoms in total. The van der Waals surface area contributed by atoms with E-state index in [4.69, 9.17) is 9.47 Å². The van der Waals surface area contributed by atoms with Crippen molar-refractivity contribution in [1.29, 1.82) is 0 Å². The zero-order valence-corrected chi connectivity index (χ0v) is 13.9. The van der Waals surface area contributed by atoms with E-state index in [0.29, 0.717) is 31.9 Å². The first-order valence-electron chi connectivity index (χ1n) is 8.28. The first-order valence-corrected chi connectivity index (χ1v) is 8.28. The van der Waals surface area contributed by atoms with E-state index in [1.807, 2.05) is 35.2 Å². The van der Waals surface area contributed by atoms with Crippen LogP contribution in [0.1, 0.15) is 23.2 Å². The van der Waals surface area contributed by atoms with Gasteiger partial charge in [0.25, 0.3) is 5.91 Å². The Labute approximate surface area is 141 Å². The van der Waals surface area contributed by atoms with Crippen LogP contribution in [0.25, 0.3) is 11.3 Å². The van der Waals surface area contributed by atoms with E-state index < -0.39 is 0 Å². The topological polar surface area (TPSA) is 67.5 Å². The largest absolute Gasteiger partial charge is 0.382 e. The molecule has 1 aliphatic heterocycles. The predicted molar refractivity (Wildman–Crippen MR) is 90.8 cm³/mol. The summed E-state index contributed by atoms with van der Waals surface area (Å²) in [5.41, 5.74) is 2.37. The number of nitrogens with zero attached hydrogens (tertiary/aromatic N) is 2. The molecule has 1 aromatic heterocycles. The third kappa shape index (κ3) is 3.83. The van der Waals surface area contributed by atoms with Gasteiger partial charge in [0, 0.05) is 25.8 Å². The maximum absolute atomic E-state index is 12.8. The van der Waals surface area contributed by atoms with E-state index >= 15 is 0 Å². The molecule has 1 fully saturated rings. The molecule has 1 saturated heterocycles.